The van der Waals surface area contributed by atoms with Gasteiger partial charge in [-0.05, 0) is 79.0 Å². The van der Waals surface area contributed by atoms with Gasteiger partial charge < -0.3 is 10.1 Å². The molecule has 0 radical (unpaired) electrons. The summed E-state index contributed by atoms with van der Waals surface area (Å²) in [5, 5.41) is 3.47. The highest BCUT2D eigenvalue weighted by molar-refractivity contribution is 7.91. The average molecular weight is 504 g/mol. The average Bonchev–Trinajstić information content (AvgIpc) is 3.75. The van der Waals surface area contributed by atoms with Crippen molar-refractivity contribution < 1.29 is 13.2 Å². The van der Waals surface area contributed by atoms with E-state index in [0.717, 1.165) is 42.7 Å². The van der Waals surface area contributed by atoms with Gasteiger partial charge in [-0.25, -0.2) is 8.42 Å². The molecule has 3 aromatic carbocycles. The van der Waals surface area contributed by atoms with Crippen molar-refractivity contribution in [2.24, 2.45) is 5.92 Å². The standard InChI is InChI=1S/C31H37NO3S/c33-36(34,21-9-14-24-10-3-1-4-11-24)31-16-8-7-15-30(31)32-29-20-19-27(22-28(29)26-17-18-26)35-23-25-12-5-2-6-13-25/h2,5-8,12-13,15-16,19-20,22,24,26,32H,1,3-4,9-11,14,17-18,21,23H2. The Hall–Kier alpha value is -2.79. The van der Waals surface area contributed by atoms with Crippen LogP contribution >= 0.6 is 0 Å². The summed E-state index contributed by atoms with van der Waals surface area (Å²) >= 11 is 0. The third kappa shape index (κ3) is 6.50. The first-order valence-corrected chi connectivity index (χ1v) is 15.1. The van der Waals surface area contributed by atoms with E-state index in [2.05, 4.69) is 23.5 Å². The fourth-order valence-corrected chi connectivity index (χ4v) is 6.86. The van der Waals surface area contributed by atoms with Crippen LogP contribution in [-0.2, 0) is 16.4 Å². The number of rotatable bonds is 11. The molecule has 1 N–H and O–H groups in total. The Morgan fingerprint density at radius 1 is 0.806 bits per heavy atom. The van der Waals surface area contributed by atoms with Gasteiger partial charge in [0, 0.05) is 5.69 Å². The van der Waals surface area contributed by atoms with Crippen LogP contribution in [0.25, 0.3) is 0 Å². The van der Waals surface area contributed by atoms with Crippen molar-refractivity contribution in [3.63, 3.8) is 0 Å². The number of hydrogen-bond acceptors (Lipinski definition) is 4. The van der Waals surface area contributed by atoms with Gasteiger partial charge in [-0.2, -0.15) is 0 Å². The lowest BCUT2D eigenvalue weighted by Crippen LogP contribution is -2.12. The number of para-hydroxylation sites is 1. The van der Waals surface area contributed by atoms with Gasteiger partial charge in [0.05, 0.1) is 16.3 Å². The lowest BCUT2D eigenvalue weighted by Gasteiger charge is -2.21. The van der Waals surface area contributed by atoms with Crippen LogP contribution in [-0.4, -0.2) is 14.2 Å². The lowest BCUT2D eigenvalue weighted by molar-refractivity contribution is 0.306. The summed E-state index contributed by atoms with van der Waals surface area (Å²) in [5.41, 5.74) is 3.96. The Labute approximate surface area is 216 Å². The predicted molar refractivity (Wildman–Crippen MR) is 147 cm³/mol. The number of hydrogen-bond donors (Lipinski definition) is 1. The first-order chi connectivity index (χ1) is 17.6. The maximum Gasteiger partial charge on any atom is 0.180 e. The molecule has 5 heteroatoms. The maximum atomic E-state index is 13.3. The summed E-state index contributed by atoms with van der Waals surface area (Å²) < 4.78 is 32.7. The van der Waals surface area contributed by atoms with Gasteiger partial charge in [-0.15, -0.1) is 0 Å². The Morgan fingerprint density at radius 3 is 2.33 bits per heavy atom. The molecular formula is C31H37NO3S. The van der Waals surface area contributed by atoms with E-state index in [0.29, 0.717) is 29.0 Å². The Balaban J connectivity index is 1.29. The lowest BCUT2D eigenvalue weighted by atomic mass is 9.86. The van der Waals surface area contributed by atoms with Crippen LogP contribution in [0.2, 0.25) is 0 Å². The van der Waals surface area contributed by atoms with Gasteiger partial charge in [0.15, 0.2) is 9.84 Å². The summed E-state index contributed by atoms with van der Waals surface area (Å²) in [6, 6.07) is 23.6. The summed E-state index contributed by atoms with van der Waals surface area (Å²) in [6.45, 7) is 0.527. The van der Waals surface area contributed by atoms with Gasteiger partial charge in [0.25, 0.3) is 0 Å². The van der Waals surface area contributed by atoms with Crippen LogP contribution in [0.1, 0.15) is 74.8 Å². The largest absolute Gasteiger partial charge is 0.489 e. The molecule has 3 aromatic rings. The topological polar surface area (TPSA) is 55.4 Å². The molecule has 2 fully saturated rings. The Bertz CT molecular complexity index is 1250. The molecule has 2 saturated carbocycles. The van der Waals surface area contributed by atoms with Crippen LogP contribution in [0.15, 0.2) is 77.7 Å². The minimum atomic E-state index is -3.36. The molecule has 0 aliphatic heterocycles. The van der Waals surface area contributed by atoms with E-state index in [4.69, 9.17) is 4.74 Å². The van der Waals surface area contributed by atoms with Crippen molar-refractivity contribution >= 4 is 21.2 Å². The van der Waals surface area contributed by atoms with E-state index in [1.54, 1.807) is 6.07 Å². The van der Waals surface area contributed by atoms with Crippen molar-refractivity contribution in [3.05, 3.63) is 83.9 Å². The first-order valence-electron chi connectivity index (χ1n) is 13.5. The molecule has 0 bridgehead atoms. The maximum absolute atomic E-state index is 13.3. The van der Waals surface area contributed by atoms with Crippen LogP contribution in [0.4, 0.5) is 11.4 Å². The second kappa shape index (κ2) is 11.5. The molecule has 0 saturated heterocycles. The van der Waals surface area contributed by atoms with Crippen LogP contribution in [0, 0.1) is 5.92 Å². The predicted octanol–water partition coefficient (Wildman–Crippen LogP) is 8.02. The smallest absolute Gasteiger partial charge is 0.180 e. The van der Waals surface area contributed by atoms with Crippen LogP contribution in [0.5, 0.6) is 5.75 Å². The molecule has 5 rings (SSSR count). The molecular weight excluding hydrogens is 466 g/mol. The highest BCUT2D eigenvalue weighted by Crippen LogP contribution is 2.45. The van der Waals surface area contributed by atoms with Crippen molar-refractivity contribution in [2.75, 3.05) is 11.1 Å². The zero-order valence-electron chi connectivity index (χ0n) is 21.0. The molecule has 0 aromatic heterocycles. The van der Waals surface area contributed by atoms with Gasteiger partial charge in [0.1, 0.15) is 12.4 Å². The number of benzene rings is 3. The molecule has 2 aliphatic carbocycles. The fraction of sp³-hybridized carbons (Fsp3) is 0.419. The highest BCUT2D eigenvalue weighted by Gasteiger charge is 2.28. The minimum absolute atomic E-state index is 0.212. The quantitative estimate of drug-likeness (QED) is 0.288. The summed E-state index contributed by atoms with van der Waals surface area (Å²) in [7, 11) is -3.36. The van der Waals surface area contributed by atoms with E-state index in [1.165, 1.54) is 37.7 Å². The second-order valence-corrected chi connectivity index (χ2v) is 12.5. The molecule has 2 aliphatic rings. The van der Waals surface area contributed by atoms with E-state index in [-0.39, 0.29) is 5.75 Å². The molecule has 0 atom stereocenters. The molecule has 36 heavy (non-hydrogen) atoms. The third-order valence-electron chi connectivity index (χ3n) is 7.53. The fourth-order valence-electron chi connectivity index (χ4n) is 5.35. The summed E-state index contributed by atoms with van der Waals surface area (Å²) in [5.74, 6) is 2.25. The number of ether oxygens (including phenoxy) is 1. The number of nitrogens with one attached hydrogen (secondary N) is 1. The third-order valence-corrected chi connectivity index (χ3v) is 9.38. The van der Waals surface area contributed by atoms with Crippen molar-refractivity contribution in [2.45, 2.75) is 75.2 Å². The summed E-state index contributed by atoms with van der Waals surface area (Å²) in [4.78, 5) is 0.403. The van der Waals surface area contributed by atoms with Gasteiger partial charge >= 0.3 is 0 Å². The van der Waals surface area contributed by atoms with Crippen molar-refractivity contribution in [1.82, 2.24) is 0 Å². The van der Waals surface area contributed by atoms with E-state index < -0.39 is 9.84 Å². The van der Waals surface area contributed by atoms with E-state index in [1.807, 2.05) is 48.5 Å². The monoisotopic (exact) mass is 503 g/mol. The Morgan fingerprint density at radius 2 is 1.56 bits per heavy atom. The van der Waals surface area contributed by atoms with Gasteiger partial charge in [0.2, 0.25) is 0 Å². The molecule has 0 heterocycles. The number of sulfone groups is 1. The summed E-state index contributed by atoms with van der Waals surface area (Å²) in [6.07, 6.45) is 10.5. The van der Waals surface area contributed by atoms with Gasteiger partial charge in [-0.1, -0.05) is 74.6 Å². The molecule has 4 nitrogen and oxygen atoms in total. The van der Waals surface area contributed by atoms with Crippen molar-refractivity contribution in [3.8, 4) is 5.75 Å². The SMILES string of the molecule is O=S(=O)(CCCC1CCCCC1)c1ccccc1Nc1ccc(OCc2ccccc2)cc1C1CC1. The highest BCUT2D eigenvalue weighted by atomic mass is 32.2. The molecule has 0 spiro atoms. The normalized spacial score (nSPS) is 16.6. The van der Waals surface area contributed by atoms with Crippen LogP contribution < -0.4 is 10.1 Å². The molecule has 190 valence electrons. The zero-order chi connectivity index (χ0) is 24.8. The first kappa shape index (κ1) is 24.9. The Kier molecular flexibility index (Phi) is 7.96. The zero-order valence-corrected chi connectivity index (χ0v) is 21.8. The molecule has 0 unspecified atom stereocenters. The number of anilines is 2. The van der Waals surface area contributed by atoms with Crippen LogP contribution in [0.3, 0.4) is 0 Å². The second-order valence-electron chi connectivity index (χ2n) is 10.4. The van der Waals surface area contributed by atoms with Gasteiger partial charge in [-0.3, -0.25) is 0 Å². The van der Waals surface area contributed by atoms with E-state index in [9.17, 15) is 8.42 Å². The minimum Gasteiger partial charge on any atom is -0.489 e. The molecule has 0 amide bonds. The van der Waals surface area contributed by atoms with E-state index >= 15 is 0 Å². The van der Waals surface area contributed by atoms with Crippen molar-refractivity contribution in [1.29, 1.82) is 0 Å².